The van der Waals surface area contributed by atoms with Crippen molar-refractivity contribution in [3.05, 3.63) is 89.5 Å². The van der Waals surface area contributed by atoms with Gasteiger partial charge in [-0.2, -0.15) is 13.2 Å². The fourth-order valence-corrected chi connectivity index (χ4v) is 3.72. The molecule has 0 aliphatic carbocycles. The van der Waals surface area contributed by atoms with Crippen molar-refractivity contribution in [2.24, 2.45) is 0 Å². The molecule has 0 radical (unpaired) electrons. The lowest BCUT2D eigenvalue weighted by Gasteiger charge is -2.26. The molecule has 1 atom stereocenters. The lowest BCUT2D eigenvalue weighted by atomic mass is 10.0. The van der Waals surface area contributed by atoms with Crippen LogP contribution in [0.5, 0.6) is 11.5 Å². The number of thiocarbonyl (C=S) groups is 1. The molecule has 1 heterocycles. The van der Waals surface area contributed by atoms with Crippen LogP contribution in [-0.4, -0.2) is 11.7 Å². The summed E-state index contributed by atoms with van der Waals surface area (Å²) in [6.07, 6.45) is -4.39. The van der Waals surface area contributed by atoms with Crippen molar-refractivity contribution in [1.29, 1.82) is 0 Å². The molecule has 7 heteroatoms. The summed E-state index contributed by atoms with van der Waals surface area (Å²) in [4.78, 5) is 1.83. The first-order valence-corrected chi connectivity index (χ1v) is 9.81. The first kappa shape index (κ1) is 20.2. The Hall–Kier alpha value is -3.06. The van der Waals surface area contributed by atoms with E-state index in [0.29, 0.717) is 23.0 Å². The summed E-state index contributed by atoms with van der Waals surface area (Å²) >= 11 is 5.42. The van der Waals surface area contributed by atoms with Crippen molar-refractivity contribution in [3.63, 3.8) is 0 Å². The first-order valence-electron chi connectivity index (χ1n) is 9.40. The average molecular weight is 428 g/mol. The SMILES string of the molecule is Cc1ccc(Oc2ccc(N3C(=S)NCC3c3cccc(C(F)(F)F)c3)cc2)cc1. The summed E-state index contributed by atoms with van der Waals surface area (Å²) in [5, 5.41) is 3.56. The summed E-state index contributed by atoms with van der Waals surface area (Å²) in [5.41, 5.74) is 1.81. The summed E-state index contributed by atoms with van der Waals surface area (Å²) in [6.45, 7) is 2.44. The highest BCUT2D eigenvalue weighted by Gasteiger charge is 2.34. The van der Waals surface area contributed by atoms with Crippen LogP contribution < -0.4 is 15.0 Å². The normalized spacial score (nSPS) is 16.5. The van der Waals surface area contributed by atoms with E-state index in [2.05, 4.69) is 5.32 Å². The van der Waals surface area contributed by atoms with Crippen molar-refractivity contribution < 1.29 is 17.9 Å². The van der Waals surface area contributed by atoms with Crippen molar-refractivity contribution in [1.82, 2.24) is 5.32 Å². The van der Waals surface area contributed by atoms with Gasteiger partial charge in [0.15, 0.2) is 5.11 Å². The predicted molar refractivity (Wildman–Crippen MR) is 115 cm³/mol. The molecule has 4 rings (SSSR count). The van der Waals surface area contributed by atoms with Crippen molar-refractivity contribution in [2.45, 2.75) is 19.1 Å². The van der Waals surface area contributed by atoms with Gasteiger partial charge in [0.1, 0.15) is 11.5 Å². The topological polar surface area (TPSA) is 24.5 Å². The van der Waals surface area contributed by atoms with Crippen molar-refractivity contribution >= 4 is 23.0 Å². The molecule has 154 valence electrons. The van der Waals surface area contributed by atoms with Crippen molar-refractivity contribution in [3.8, 4) is 11.5 Å². The van der Waals surface area contributed by atoms with Gasteiger partial charge < -0.3 is 15.0 Å². The van der Waals surface area contributed by atoms with E-state index in [-0.39, 0.29) is 6.04 Å². The molecule has 1 unspecified atom stereocenters. The highest BCUT2D eigenvalue weighted by Crippen LogP contribution is 2.35. The molecule has 30 heavy (non-hydrogen) atoms. The van der Waals surface area contributed by atoms with Crippen LogP contribution in [-0.2, 0) is 6.18 Å². The van der Waals surface area contributed by atoms with E-state index < -0.39 is 11.7 Å². The number of anilines is 1. The maximum absolute atomic E-state index is 13.1. The second-order valence-electron chi connectivity index (χ2n) is 7.10. The van der Waals surface area contributed by atoms with E-state index in [0.717, 1.165) is 23.1 Å². The van der Waals surface area contributed by atoms with Gasteiger partial charge in [0.25, 0.3) is 0 Å². The molecule has 0 saturated carbocycles. The fraction of sp³-hybridized carbons (Fsp3) is 0.174. The Kier molecular flexibility index (Phi) is 5.39. The second kappa shape index (κ2) is 7.99. The van der Waals surface area contributed by atoms with Gasteiger partial charge in [-0.15, -0.1) is 0 Å². The van der Waals surface area contributed by atoms with Crippen LogP contribution in [0.3, 0.4) is 0 Å². The van der Waals surface area contributed by atoms with Gasteiger partial charge >= 0.3 is 6.18 Å². The number of rotatable bonds is 4. The van der Waals surface area contributed by atoms with E-state index in [1.54, 1.807) is 6.07 Å². The summed E-state index contributed by atoms with van der Waals surface area (Å²) in [5.74, 6) is 1.39. The molecule has 1 aliphatic heterocycles. The summed E-state index contributed by atoms with van der Waals surface area (Å²) in [7, 11) is 0. The molecule has 3 aromatic rings. The van der Waals surface area contributed by atoms with E-state index in [4.69, 9.17) is 17.0 Å². The Morgan fingerprint density at radius 1 is 0.967 bits per heavy atom. The van der Waals surface area contributed by atoms with Crippen LogP contribution >= 0.6 is 12.2 Å². The van der Waals surface area contributed by atoms with Crippen LogP contribution in [0.25, 0.3) is 0 Å². The largest absolute Gasteiger partial charge is 0.457 e. The van der Waals surface area contributed by atoms with E-state index >= 15 is 0 Å². The lowest BCUT2D eigenvalue weighted by molar-refractivity contribution is -0.137. The quantitative estimate of drug-likeness (QED) is 0.497. The zero-order valence-corrected chi connectivity index (χ0v) is 16.9. The molecule has 1 saturated heterocycles. The van der Waals surface area contributed by atoms with Gasteiger partial charge in [0.05, 0.1) is 11.6 Å². The Balaban J connectivity index is 1.57. The van der Waals surface area contributed by atoms with E-state index in [1.807, 2.05) is 60.4 Å². The molecule has 1 N–H and O–H groups in total. The minimum absolute atomic E-state index is 0.330. The second-order valence-corrected chi connectivity index (χ2v) is 7.49. The van der Waals surface area contributed by atoms with Gasteiger partial charge in [-0.25, -0.2) is 0 Å². The molecule has 1 aliphatic rings. The smallest absolute Gasteiger partial charge is 0.416 e. The number of hydrogen-bond acceptors (Lipinski definition) is 2. The average Bonchev–Trinajstić information content (AvgIpc) is 3.11. The van der Waals surface area contributed by atoms with E-state index in [9.17, 15) is 13.2 Å². The van der Waals surface area contributed by atoms with Crippen LogP contribution in [0.15, 0.2) is 72.8 Å². The number of nitrogens with zero attached hydrogens (tertiary/aromatic N) is 1. The van der Waals surface area contributed by atoms with Crippen LogP contribution in [0, 0.1) is 6.92 Å². The number of halogens is 3. The van der Waals surface area contributed by atoms with Crippen LogP contribution in [0.2, 0.25) is 0 Å². The Morgan fingerprint density at radius 2 is 1.60 bits per heavy atom. The van der Waals surface area contributed by atoms with Gasteiger partial charge in [-0.3, -0.25) is 0 Å². The molecule has 1 fully saturated rings. The van der Waals surface area contributed by atoms with Crippen LogP contribution in [0.1, 0.15) is 22.7 Å². The number of alkyl halides is 3. The van der Waals surface area contributed by atoms with Gasteiger partial charge in [-0.05, 0) is 73.2 Å². The predicted octanol–water partition coefficient (Wildman–Crippen LogP) is 6.24. The maximum Gasteiger partial charge on any atom is 0.416 e. The summed E-state index contributed by atoms with van der Waals surface area (Å²) < 4.78 is 45.2. The molecular formula is C23H19F3N2OS. The number of ether oxygens (including phenoxy) is 1. The zero-order chi connectivity index (χ0) is 21.3. The number of nitrogens with one attached hydrogen (secondary N) is 1. The third kappa shape index (κ3) is 4.26. The Bertz CT molecular complexity index is 1050. The highest BCUT2D eigenvalue weighted by molar-refractivity contribution is 7.80. The highest BCUT2D eigenvalue weighted by atomic mass is 32.1. The standard InChI is InChI=1S/C23H19F3N2OS/c1-15-5-9-19(10-6-15)29-20-11-7-18(8-12-20)28-21(14-27-22(28)30)16-3-2-4-17(13-16)23(24,25)26/h2-13,21H,14H2,1H3,(H,27,30). The maximum atomic E-state index is 13.1. The number of aryl methyl sites for hydroxylation is 1. The molecule has 0 amide bonds. The number of benzene rings is 3. The molecular weight excluding hydrogens is 409 g/mol. The number of hydrogen-bond donors (Lipinski definition) is 1. The fourth-order valence-electron chi connectivity index (χ4n) is 3.41. The van der Waals surface area contributed by atoms with Gasteiger partial charge in [0.2, 0.25) is 0 Å². The molecule has 0 bridgehead atoms. The molecule has 3 nitrogen and oxygen atoms in total. The Morgan fingerprint density at radius 3 is 2.23 bits per heavy atom. The lowest BCUT2D eigenvalue weighted by Crippen LogP contribution is -2.29. The first-order chi connectivity index (χ1) is 14.3. The third-order valence-electron chi connectivity index (χ3n) is 4.95. The summed E-state index contributed by atoms with van der Waals surface area (Å²) in [6, 6.07) is 20.1. The van der Waals surface area contributed by atoms with Crippen molar-refractivity contribution in [2.75, 3.05) is 11.4 Å². The van der Waals surface area contributed by atoms with Crippen LogP contribution in [0.4, 0.5) is 18.9 Å². The molecule has 0 spiro atoms. The van der Waals surface area contributed by atoms with E-state index in [1.165, 1.54) is 12.1 Å². The Labute approximate surface area is 178 Å². The van der Waals surface area contributed by atoms with Gasteiger partial charge in [0, 0.05) is 12.2 Å². The monoisotopic (exact) mass is 428 g/mol. The molecule has 3 aromatic carbocycles. The third-order valence-corrected chi connectivity index (χ3v) is 5.29. The minimum Gasteiger partial charge on any atom is -0.457 e. The minimum atomic E-state index is -4.39. The zero-order valence-electron chi connectivity index (χ0n) is 16.1. The molecule has 0 aromatic heterocycles. The van der Waals surface area contributed by atoms with Gasteiger partial charge in [-0.1, -0.05) is 29.8 Å².